The van der Waals surface area contributed by atoms with Gasteiger partial charge in [-0.15, -0.1) is 0 Å². The number of ether oxygens (including phenoxy) is 3. The summed E-state index contributed by atoms with van der Waals surface area (Å²) in [7, 11) is 4.69. The van der Waals surface area contributed by atoms with Crippen LogP contribution in [0.3, 0.4) is 0 Å². The number of H-pyrrole nitrogens is 1. The molecule has 0 saturated carbocycles. The molecule has 2 saturated heterocycles. The number of pyridine rings is 1. The molecule has 0 spiro atoms. The van der Waals surface area contributed by atoms with Crippen molar-refractivity contribution in [2.45, 2.75) is 51.0 Å². The van der Waals surface area contributed by atoms with E-state index in [0.29, 0.717) is 41.9 Å². The molecule has 0 bridgehead atoms. The number of hydrogen-bond acceptors (Lipinski definition) is 8. The molecule has 6 rings (SSSR count). The second-order valence-corrected chi connectivity index (χ2v) is 13.2. The summed E-state index contributed by atoms with van der Waals surface area (Å²) in [4.78, 5) is 34.2. The Hall–Kier alpha value is -4.57. The average Bonchev–Trinajstić information content (AvgIpc) is 3.76. The molecular weight excluding hydrogens is 604 g/mol. The summed E-state index contributed by atoms with van der Waals surface area (Å²) in [5.41, 5.74) is 4.73. The fourth-order valence-corrected chi connectivity index (χ4v) is 7.24. The van der Waals surface area contributed by atoms with Crippen LogP contribution in [0.2, 0.25) is 0 Å². The number of aromatic amines is 1. The molecule has 0 radical (unpaired) electrons. The van der Waals surface area contributed by atoms with Crippen LogP contribution in [0.25, 0.3) is 11.0 Å². The van der Waals surface area contributed by atoms with Crippen LogP contribution in [0.5, 0.6) is 17.2 Å². The number of amides is 1. The van der Waals surface area contributed by atoms with E-state index in [2.05, 4.69) is 59.0 Å². The van der Waals surface area contributed by atoms with Gasteiger partial charge in [0.25, 0.3) is 5.91 Å². The summed E-state index contributed by atoms with van der Waals surface area (Å²) in [5, 5.41) is 0. The molecule has 2 aliphatic rings. The first-order valence-corrected chi connectivity index (χ1v) is 16.9. The monoisotopic (exact) mass is 652 g/mol. The highest BCUT2D eigenvalue weighted by molar-refractivity contribution is 5.96. The van der Waals surface area contributed by atoms with Gasteiger partial charge in [-0.05, 0) is 82.5 Å². The second kappa shape index (κ2) is 14.7. The molecule has 1 unspecified atom stereocenters. The van der Waals surface area contributed by atoms with E-state index in [1.807, 2.05) is 29.3 Å². The first-order chi connectivity index (χ1) is 23.3. The van der Waals surface area contributed by atoms with Gasteiger partial charge in [-0.3, -0.25) is 9.78 Å². The van der Waals surface area contributed by atoms with Crippen LogP contribution < -0.4 is 19.1 Å². The number of benzene rings is 2. The number of anilines is 1. The van der Waals surface area contributed by atoms with Crippen LogP contribution in [0.4, 0.5) is 5.95 Å². The van der Waals surface area contributed by atoms with Crippen molar-refractivity contribution in [3.05, 3.63) is 83.7 Å². The number of nitrogens with zero attached hydrogens (tertiary/aromatic N) is 5. The zero-order valence-corrected chi connectivity index (χ0v) is 28.9. The van der Waals surface area contributed by atoms with Crippen molar-refractivity contribution in [3.63, 3.8) is 0 Å². The third kappa shape index (κ3) is 6.99. The van der Waals surface area contributed by atoms with Gasteiger partial charge in [-0.1, -0.05) is 29.8 Å². The molecule has 2 aliphatic heterocycles. The van der Waals surface area contributed by atoms with Gasteiger partial charge in [-0.2, -0.15) is 0 Å². The summed E-state index contributed by atoms with van der Waals surface area (Å²) in [6, 6.07) is 18.3. The Bertz CT molecular complexity index is 1670. The van der Waals surface area contributed by atoms with Gasteiger partial charge in [-0.25, -0.2) is 4.98 Å². The Morgan fingerprint density at radius 1 is 1.00 bits per heavy atom. The molecule has 4 aromatic rings. The van der Waals surface area contributed by atoms with E-state index in [1.165, 1.54) is 5.57 Å². The highest BCUT2D eigenvalue weighted by atomic mass is 16.5. The van der Waals surface area contributed by atoms with Crippen molar-refractivity contribution >= 4 is 22.9 Å². The van der Waals surface area contributed by atoms with Crippen molar-refractivity contribution in [1.29, 1.82) is 0 Å². The molecule has 254 valence electrons. The number of aromatic nitrogens is 3. The Morgan fingerprint density at radius 3 is 2.38 bits per heavy atom. The molecule has 1 N–H and O–H groups in total. The number of methoxy groups -OCH3 is 3. The van der Waals surface area contributed by atoms with E-state index >= 15 is 0 Å². The molecule has 1 amide bonds. The Kier molecular flexibility index (Phi) is 10.2. The minimum atomic E-state index is -0.224. The molecule has 2 aromatic heterocycles. The number of rotatable bonds is 12. The number of nitrogens with one attached hydrogen (secondary N) is 1. The topological polar surface area (TPSA) is 96.1 Å². The van der Waals surface area contributed by atoms with Gasteiger partial charge >= 0.3 is 0 Å². The van der Waals surface area contributed by atoms with Crippen LogP contribution in [-0.2, 0) is 5.41 Å². The zero-order valence-electron chi connectivity index (χ0n) is 28.9. The number of imidazole rings is 1. The fourth-order valence-electron chi connectivity index (χ4n) is 7.24. The van der Waals surface area contributed by atoms with Crippen molar-refractivity contribution in [2.75, 3.05) is 65.5 Å². The molecule has 1 atom stereocenters. The highest BCUT2D eigenvalue weighted by Gasteiger charge is 2.43. The average molecular weight is 653 g/mol. The van der Waals surface area contributed by atoms with Gasteiger partial charge in [0.2, 0.25) is 11.7 Å². The van der Waals surface area contributed by atoms with Crippen LogP contribution in [0.15, 0.2) is 72.4 Å². The standard InChI is InChI=1S/C38H48N6O4/c1-27(2)13-21-44(37-40-30-10-6-7-11-31(30)41-37)29-14-19-42(20-15-29)22-16-38(34-12-8-9-18-39-34)17-23-43(26-38)36(45)28-24-32(46-3)35(48-5)33(25-28)47-4/h6-13,18,24-25,29H,14-17,19-23,26H2,1-5H3,(H,40,41). The van der Waals surface area contributed by atoms with E-state index in [9.17, 15) is 4.79 Å². The molecule has 10 heteroatoms. The number of para-hydroxylation sites is 2. The number of fused-ring (bicyclic) bond motifs is 1. The minimum absolute atomic E-state index is 0.0464. The van der Waals surface area contributed by atoms with Crippen molar-refractivity contribution in [3.8, 4) is 17.2 Å². The predicted octanol–water partition coefficient (Wildman–Crippen LogP) is 6.09. The third-order valence-corrected chi connectivity index (χ3v) is 10.0. The lowest BCUT2D eigenvalue weighted by atomic mass is 9.79. The number of carbonyl (C=O) groups excluding carboxylic acids is 1. The van der Waals surface area contributed by atoms with Crippen molar-refractivity contribution in [1.82, 2.24) is 24.8 Å². The van der Waals surface area contributed by atoms with Crippen LogP contribution in [0, 0.1) is 0 Å². The predicted molar refractivity (Wildman–Crippen MR) is 189 cm³/mol. The maximum absolute atomic E-state index is 13.9. The lowest BCUT2D eigenvalue weighted by molar-refractivity contribution is 0.0778. The maximum atomic E-state index is 13.9. The third-order valence-electron chi connectivity index (χ3n) is 10.0. The fraction of sp³-hybridized carbons (Fsp3) is 0.447. The van der Waals surface area contributed by atoms with Crippen LogP contribution in [-0.4, -0.2) is 97.3 Å². The van der Waals surface area contributed by atoms with E-state index in [4.69, 9.17) is 24.2 Å². The highest BCUT2D eigenvalue weighted by Crippen LogP contribution is 2.41. The molecule has 0 aliphatic carbocycles. The molecule has 48 heavy (non-hydrogen) atoms. The Labute approximate surface area is 283 Å². The first-order valence-electron chi connectivity index (χ1n) is 16.9. The van der Waals surface area contributed by atoms with Crippen LogP contribution >= 0.6 is 0 Å². The molecular formula is C38H48N6O4. The normalized spacial score (nSPS) is 18.6. The molecule has 10 nitrogen and oxygen atoms in total. The quantitative estimate of drug-likeness (QED) is 0.184. The minimum Gasteiger partial charge on any atom is -0.493 e. The van der Waals surface area contributed by atoms with E-state index < -0.39 is 0 Å². The lowest BCUT2D eigenvalue weighted by Crippen LogP contribution is -2.47. The van der Waals surface area contributed by atoms with Gasteiger partial charge < -0.3 is 33.9 Å². The number of allylic oxidation sites excluding steroid dienone is 1. The van der Waals surface area contributed by atoms with Crippen LogP contribution in [0.1, 0.15) is 55.6 Å². The van der Waals surface area contributed by atoms with E-state index in [1.54, 1.807) is 33.5 Å². The Morgan fingerprint density at radius 2 is 1.73 bits per heavy atom. The largest absolute Gasteiger partial charge is 0.493 e. The summed E-state index contributed by atoms with van der Waals surface area (Å²) in [6.45, 7) is 9.40. The molecule has 2 aromatic carbocycles. The zero-order chi connectivity index (χ0) is 33.7. The second-order valence-electron chi connectivity index (χ2n) is 13.2. The Balaban J connectivity index is 1.14. The molecule has 2 fully saturated rings. The van der Waals surface area contributed by atoms with Gasteiger partial charge in [0, 0.05) is 61.6 Å². The van der Waals surface area contributed by atoms with Crippen molar-refractivity contribution in [2.24, 2.45) is 0 Å². The van der Waals surface area contributed by atoms with Gasteiger partial charge in [0.1, 0.15) is 0 Å². The van der Waals surface area contributed by atoms with Crippen molar-refractivity contribution < 1.29 is 19.0 Å². The van der Waals surface area contributed by atoms with E-state index in [0.717, 1.165) is 74.5 Å². The summed E-state index contributed by atoms with van der Waals surface area (Å²) in [5.74, 6) is 2.32. The molecule has 4 heterocycles. The number of hydrogen-bond donors (Lipinski definition) is 1. The number of likely N-dealkylation sites (tertiary alicyclic amines) is 2. The SMILES string of the molecule is COc1cc(C(=O)N2CCC(CCN3CCC(N(CC=C(C)C)c4nc5ccccc5[nH]4)CC3)(c3ccccn3)C2)cc(OC)c1OC. The first kappa shape index (κ1) is 33.3. The maximum Gasteiger partial charge on any atom is 0.254 e. The number of piperidine rings is 1. The summed E-state index contributed by atoms with van der Waals surface area (Å²) < 4.78 is 16.5. The summed E-state index contributed by atoms with van der Waals surface area (Å²) >= 11 is 0. The van der Waals surface area contributed by atoms with Gasteiger partial charge in [0.05, 0.1) is 32.4 Å². The van der Waals surface area contributed by atoms with Gasteiger partial charge in [0.15, 0.2) is 11.5 Å². The van der Waals surface area contributed by atoms with E-state index in [-0.39, 0.29) is 11.3 Å². The summed E-state index contributed by atoms with van der Waals surface area (Å²) in [6.07, 6.45) is 8.08. The smallest absolute Gasteiger partial charge is 0.254 e. The lowest BCUT2D eigenvalue weighted by Gasteiger charge is -2.39. The number of carbonyl (C=O) groups is 1.